The molecule has 0 aliphatic carbocycles. The molecule has 0 aromatic heterocycles. The summed E-state index contributed by atoms with van der Waals surface area (Å²) in [5, 5.41) is 0. The quantitative estimate of drug-likeness (QED) is 0.452. The van der Waals surface area contributed by atoms with Gasteiger partial charge in [-0.15, -0.1) is 0 Å². The Hall–Kier alpha value is -0.210. The number of hydrogen-bond donors (Lipinski definition) is 3. The van der Waals surface area contributed by atoms with E-state index >= 15 is 0 Å². The molecular formula is C7H19N3O3S. The first-order chi connectivity index (χ1) is 6.48. The van der Waals surface area contributed by atoms with Crippen molar-refractivity contribution in [2.45, 2.75) is 19.4 Å². The fraction of sp³-hybridized carbons (Fsp3) is 1.00. The van der Waals surface area contributed by atoms with Crippen molar-refractivity contribution in [2.24, 2.45) is 5.73 Å². The smallest absolute Gasteiger partial charge is 0.276 e. The molecule has 0 bridgehead atoms. The monoisotopic (exact) mass is 225 g/mol. The third-order valence-corrected chi connectivity index (χ3v) is 2.66. The van der Waals surface area contributed by atoms with E-state index in [9.17, 15) is 8.42 Å². The zero-order valence-electron chi connectivity index (χ0n) is 8.62. The lowest BCUT2D eigenvalue weighted by Gasteiger charge is -2.08. The Balaban J connectivity index is 3.62. The molecule has 0 spiro atoms. The van der Waals surface area contributed by atoms with Crippen molar-refractivity contribution in [3.05, 3.63) is 0 Å². The van der Waals surface area contributed by atoms with Gasteiger partial charge < -0.3 is 10.5 Å². The van der Waals surface area contributed by atoms with Gasteiger partial charge in [0.15, 0.2) is 0 Å². The molecule has 0 fully saturated rings. The summed E-state index contributed by atoms with van der Waals surface area (Å²) in [5.74, 6) is 0. The minimum absolute atomic E-state index is 0.00308. The number of ether oxygens (including phenoxy) is 1. The third kappa shape index (κ3) is 8.39. The maximum absolute atomic E-state index is 11.2. The molecule has 4 N–H and O–H groups in total. The third-order valence-electron chi connectivity index (χ3n) is 1.49. The van der Waals surface area contributed by atoms with Crippen molar-refractivity contribution in [1.29, 1.82) is 0 Å². The number of hydrogen-bond acceptors (Lipinski definition) is 4. The van der Waals surface area contributed by atoms with Crippen molar-refractivity contribution in [2.75, 3.05) is 26.8 Å². The van der Waals surface area contributed by atoms with Crippen molar-refractivity contribution >= 4 is 10.2 Å². The molecule has 0 saturated carbocycles. The predicted molar refractivity (Wildman–Crippen MR) is 55.1 cm³/mol. The molecular weight excluding hydrogens is 206 g/mol. The van der Waals surface area contributed by atoms with Gasteiger partial charge in [0.1, 0.15) is 0 Å². The van der Waals surface area contributed by atoms with Gasteiger partial charge in [0, 0.05) is 26.2 Å². The van der Waals surface area contributed by atoms with Crippen molar-refractivity contribution in [1.82, 2.24) is 9.44 Å². The van der Waals surface area contributed by atoms with Crippen LogP contribution in [0.15, 0.2) is 0 Å². The Morgan fingerprint density at radius 3 is 2.43 bits per heavy atom. The van der Waals surface area contributed by atoms with Crippen LogP contribution in [0.25, 0.3) is 0 Å². The second kappa shape index (κ2) is 7.13. The highest BCUT2D eigenvalue weighted by atomic mass is 32.2. The SMILES string of the molecule is COCCNS(=O)(=O)NCCC(C)N. The van der Waals surface area contributed by atoms with E-state index in [1.54, 1.807) is 0 Å². The van der Waals surface area contributed by atoms with Crippen LogP contribution in [0.2, 0.25) is 0 Å². The van der Waals surface area contributed by atoms with Gasteiger partial charge in [-0.3, -0.25) is 0 Å². The van der Waals surface area contributed by atoms with Crippen LogP contribution < -0.4 is 15.2 Å². The van der Waals surface area contributed by atoms with Gasteiger partial charge in [0.25, 0.3) is 10.2 Å². The van der Waals surface area contributed by atoms with Gasteiger partial charge in [-0.05, 0) is 13.3 Å². The molecule has 7 heteroatoms. The summed E-state index contributed by atoms with van der Waals surface area (Å²) in [6.07, 6.45) is 0.616. The van der Waals surface area contributed by atoms with Crippen LogP contribution in [0.4, 0.5) is 0 Å². The Morgan fingerprint density at radius 2 is 1.93 bits per heavy atom. The standard InChI is InChI=1S/C7H19N3O3S/c1-7(8)3-4-9-14(11,12)10-5-6-13-2/h7,9-10H,3-6,8H2,1-2H3. The van der Waals surface area contributed by atoms with E-state index < -0.39 is 10.2 Å². The maximum atomic E-state index is 11.2. The fourth-order valence-corrected chi connectivity index (χ4v) is 1.59. The van der Waals surface area contributed by atoms with E-state index in [4.69, 9.17) is 10.5 Å². The summed E-state index contributed by atoms with van der Waals surface area (Å²) in [5.41, 5.74) is 5.47. The molecule has 1 unspecified atom stereocenters. The summed E-state index contributed by atoms with van der Waals surface area (Å²) >= 11 is 0. The number of nitrogens with one attached hydrogen (secondary N) is 2. The van der Waals surface area contributed by atoms with Crippen LogP contribution >= 0.6 is 0 Å². The lowest BCUT2D eigenvalue weighted by Crippen LogP contribution is -2.39. The molecule has 0 amide bonds. The van der Waals surface area contributed by atoms with E-state index in [1.807, 2.05) is 6.92 Å². The molecule has 0 heterocycles. The molecule has 0 rings (SSSR count). The number of rotatable bonds is 8. The minimum atomic E-state index is -3.39. The van der Waals surface area contributed by atoms with Gasteiger partial charge in [-0.1, -0.05) is 0 Å². The van der Waals surface area contributed by atoms with Crippen LogP contribution in [0.5, 0.6) is 0 Å². The Bertz CT molecular complexity index is 228. The second-order valence-electron chi connectivity index (χ2n) is 3.05. The van der Waals surface area contributed by atoms with E-state index in [1.165, 1.54) is 7.11 Å². The molecule has 0 aromatic carbocycles. The highest BCUT2D eigenvalue weighted by Gasteiger charge is 2.07. The Morgan fingerprint density at radius 1 is 1.36 bits per heavy atom. The van der Waals surface area contributed by atoms with Crippen molar-refractivity contribution in [3.8, 4) is 0 Å². The van der Waals surface area contributed by atoms with Gasteiger partial charge >= 0.3 is 0 Å². The largest absolute Gasteiger partial charge is 0.383 e. The highest BCUT2D eigenvalue weighted by molar-refractivity contribution is 7.87. The summed E-state index contributed by atoms with van der Waals surface area (Å²) in [4.78, 5) is 0. The fourth-order valence-electron chi connectivity index (χ4n) is 0.750. The van der Waals surface area contributed by atoms with E-state index in [0.717, 1.165) is 0 Å². The lowest BCUT2D eigenvalue weighted by atomic mass is 10.3. The number of nitrogens with two attached hydrogens (primary N) is 1. The molecule has 0 aromatic rings. The molecule has 0 aliphatic rings. The average Bonchev–Trinajstić information content (AvgIpc) is 2.03. The molecule has 1 atom stereocenters. The van der Waals surface area contributed by atoms with Crippen LogP contribution in [-0.2, 0) is 14.9 Å². The Labute approximate surface area is 85.4 Å². The highest BCUT2D eigenvalue weighted by Crippen LogP contribution is 1.84. The summed E-state index contributed by atoms with van der Waals surface area (Å²) < 4.78 is 31.7. The summed E-state index contributed by atoms with van der Waals surface area (Å²) in [6.45, 7) is 2.80. The predicted octanol–water partition coefficient (Wildman–Crippen LogP) is -1.21. The van der Waals surface area contributed by atoms with E-state index in [2.05, 4.69) is 9.44 Å². The van der Waals surface area contributed by atoms with Gasteiger partial charge in [-0.25, -0.2) is 4.72 Å². The van der Waals surface area contributed by atoms with Crippen molar-refractivity contribution < 1.29 is 13.2 Å². The Kier molecular flexibility index (Phi) is 7.02. The van der Waals surface area contributed by atoms with E-state index in [0.29, 0.717) is 19.6 Å². The molecule has 0 aliphatic heterocycles. The average molecular weight is 225 g/mol. The first-order valence-electron chi connectivity index (χ1n) is 4.46. The minimum Gasteiger partial charge on any atom is -0.383 e. The summed E-state index contributed by atoms with van der Waals surface area (Å²) in [6, 6.07) is -0.00308. The number of methoxy groups -OCH3 is 1. The van der Waals surface area contributed by atoms with Gasteiger partial charge in [0.2, 0.25) is 0 Å². The van der Waals surface area contributed by atoms with Crippen LogP contribution in [0.3, 0.4) is 0 Å². The van der Waals surface area contributed by atoms with Crippen LogP contribution in [-0.4, -0.2) is 41.3 Å². The first-order valence-corrected chi connectivity index (χ1v) is 5.95. The molecule has 0 saturated heterocycles. The zero-order valence-corrected chi connectivity index (χ0v) is 9.43. The first kappa shape index (κ1) is 13.8. The van der Waals surface area contributed by atoms with Crippen molar-refractivity contribution in [3.63, 3.8) is 0 Å². The normalized spacial score (nSPS) is 14.2. The van der Waals surface area contributed by atoms with E-state index in [-0.39, 0.29) is 12.6 Å². The van der Waals surface area contributed by atoms with Crippen LogP contribution in [0, 0.1) is 0 Å². The summed E-state index contributed by atoms with van der Waals surface area (Å²) in [7, 11) is -1.87. The maximum Gasteiger partial charge on any atom is 0.276 e. The molecule has 0 radical (unpaired) electrons. The second-order valence-corrected chi connectivity index (χ2v) is 4.64. The zero-order chi connectivity index (χ0) is 11.0. The van der Waals surface area contributed by atoms with Gasteiger partial charge in [0.05, 0.1) is 6.61 Å². The molecule has 86 valence electrons. The molecule has 14 heavy (non-hydrogen) atoms. The van der Waals surface area contributed by atoms with Crippen LogP contribution in [0.1, 0.15) is 13.3 Å². The lowest BCUT2D eigenvalue weighted by molar-refractivity contribution is 0.204. The topological polar surface area (TPSA) is 93.4 Å². The van der Waals surface area contributed by atoms with Gasteiger partial charge in [-0.2, -0.15) is 13.1 Å². The molecule has 6 nitrogen and oxygen atoms in total.